The summed E-state index contributed by atoms with van der Waals surface area (Å²) < 4.78 is 0. The standard InChI is InChI=1S/C15H21N3O2.ClH/c1-10(2)17-14(19)11-3-5-13(6-4-11)18-15(20)12-7-8-16-9-12;/h3-6,10,12,16H,7-9H2,1-2H3,(H,17,19)(H,18,20);1H. The lowest BCUT2D eigenvalue weighted by molar-refractivity contribution is -0.119. The molecule has 116 valence electrons. The Hall–Kier alpha value is -1.59. The molecule has 1 atom stereocenters. The lowest BCUT2D eigenvalue weighted by Crippen LogP contribution is -2.30. The fourth-order valence-electron chi connectivity index (χ4n) is 2.17. The van der Waals surface area contributed by atoms with Crippen LogP contribution in [-0.4, -0.2) is 30.9 Å². The molecule has 3 N–H and O–H groups in total. The van der Waals surface area contributed by atoms with Crippen molar-refractivity contribution >= 4 is 29.9 Å². The van der Waals surface area contributed by atoms with Crippen LogP contribution in [0.4, 0.5) is 5.69 Å². The highest BCUT2D eigenvalue weighted by Gasteiger charge is 2.22. The van der Waals surface area contributed by atoms with E-state index in [2.05, 4.69) is 16.0 Å². The number of hydrogen-bond acceptors (Lipinski definition) is 3. The number of amides is 2. The molecule has 1 saturated heterocycles. The number of rotatable bonds is 4. The summed E-state index contributed by atoms with van der Waals surface area (Å²) >= 11 is 0. The van der Waals surface area contributed by atoms with Crippen LogP contribution in [0.2, 0.25) is 0 Å². The normalized spacial score (nSPS) is 17.2. The van der Waals surface area contributed by atoms with Crippen LogP contribution >= 0.6 is 12.4 Å². The van der Waals surface area contributed by atoms with Crippen molar-refractivity contribution in [2.75, 3.05) is 18.4 Å². The number of carbonyl (C=O) groups is 2. The number of benzene rings is 1. The van der Waals surface area contributed by atoms with Gasteiger partial charge >= 0.3 is 0 Å². The fourth-order valence-corrected chi connectivity index (χ4v) is 2.17. The Balaban J connectivity index is 0.00000220. The molecule has 5 nitrogen and oxygen atoms in total. The zero-order valence-electron chi connectivity index (χ0n) is 12.3. The molecule has 1 aromatic carbocycles. The highest BCUT2D eigenvalue weighted by Crippen LogP contribution is 2.14. The Morgan fingerprint density at radius 2 is 1.90 bits per heavy atom. The topological polar surface area (TPSA) is 70.2 Å². The second-order valence-electron chi connectivity index (χ2n) is 5.38. The molecule has 6 heteroatoms. The quantitative estimate of drug-likeness (QED) is 0.794. The number of nitrogens with one attached hydrogen (secondary N) is 3. The first kappa shape index (κ1) is 17.5. The SMILES string of the molecule is CC(C)NC(=O)c1ccc(NC(=O)C2CCNC2)cc1.Cl. The highest BCUT2D eigenvalue weighted by molar-refractivity contribution is 5.96. The third kappa shape index (κ3) is 5.02. The first-order chi connectivity index (χ1) is 9.56. The van der Waals surface area contributed by atoms with Crippen molar-refractivity contribution in [2.45, 2.75) is 26.3 Å². The van der Waals surface area contributed by atoms with Crippen LogP contribution in [0, 0.1) is 5.92 Å². The molecule has 0 spiro atoms. The van der Waals surface area contributed by atoms with Crippen LogP contribution in [0.15, 0.2) is 24.3 Å². The lowest BCUT2D eigenvalue weighted by atomic mass is 10.1. The zero-order chi connectivity index (χ0) is 14.5. The van der Waals surface area contributed by atoms with Gasteiger partial charge in [-0.1, -0.05) is 0 Å². The predicted molar refractivity (Wildman–Crippen MR) is 85.9 cm³/mol. The van der Waals surface area contributed by atoms with Gasteiger partial charge in [-0.05, 0) is 51.1 Å². The van der Waals surface area contributed by atoms with E-state index in [1.165, 1.54) is 0 Å². The summed E-state index contributed by atoms with van der Waals surface area (Å²) in [4.78, 5) is 23.7. The highest BCUT2D eigenvalue weighted by atomic mass is 35.5. The molecule has 1 unspecified atom stereocenters. The maximum Gasteiger partial charge on any atom is 0.251 e. The fraction of sp³-hybridized carbons (Fsp3) is 0.467. The largest absolute Gasteiger partial charge is 0.350 e. The zero-order valence-corrected chi connectivity index (χ0v) is 13.1. The van der Waals surface area contributed by atoms with E-state index in [4.69, 9.17) is 0 Å². The molecular weight excluding hydrogens is 290 g/mol. The second-order valence-corrected chi connectivity index (χ2v) is 5.38. The van der Waals surface area contributed by atoms with Gasteiger partial charge in [0.2, 0.25) is 5.91 Å². The Morgan fingerprint density at radius 1 is 1.24 bits per heavy atom. The van der Waals surface area contributed by atoms with Crippen molar-refractivity contribution < 1.29 is 9.59 Å². The molecule has 0 aliphatic carbocycles. The van der Waals surface area contributed by atoms with Gasteiger partial charge in [-0.25, -0.2) is 0 Å². The minimum Gasteiger partial charge on any atom is -0.350 e. The minimum absolute atomic E-state index is 0. The molecule has 1 fully saturated rings. The Bertz CT molecular complexity index is 482. The maximum absolute atomic E-state index is 11.9. The molecule has 0 bridgehead atoms. The summed E-state index contributed by atoms with van der Waals surface area (Å²) in [7, 11) is 0. The van der Waals surface area contributed by atoms with E-state index in [-0.39, 0.29) is 36.2 Å². The van der Waals surface area contributed by atoms with E-state index in [1.54, 1.807) is 24.3 Å². The Kier molecular flexibility index (Phi) is 6.65. The average molecular weight is 312 g/mol. The molecule has 1 heterocycles. The van der Waals surface area contributed by atoms with E-state index < -0.39 is 0 Å². The molecule has 1 aliphatic rings. The van der Waals surface area contributed by atoms with Crippen molar-refractivity contribution in [1.29, 1.82) is 0 Å². The molecular formula is C15H22ClN3O2. The predicted octanol–water partition coefficient (Wildman–Crippen LogP) is 1.79. The Morgan fingerprint density at radius 3 is 2.43 bits per heavy atom. The van der Waals surface area contributed by atoms with Gasteiger partial charge in [-0.15, -0.1) is 12.4 Å². The van der Waals surface area contributed by atoms with Gasteiger partial charge < -0.3 is 16.0 Å². The first-order valence-electron chi connectivity index (χ1n) is 6.99. The van der Waals surface area contributed by atoms with E-state index in [9.17, 15) is 9.59 Å². The first-order valence-corrected chi connectivity index (χ1v) is 6.99. The van der Waals surface area contributed by atoms with Gasteiger partial charge in [0.05, 0.1) is 5.92 Å². The molecule has 1 aromatic rings. The molecule has 2 amide bonds. The van der Waals surface area contributed by atoms with Gasteiger partial charge in [-0.3, -0.25) is 9.59 Å². The van der Waals surface area contributed by atoms with E-state index in [0.717, 1.165) is 25.2 Å². The minimum atomic E-state index is -0.0992. The third-order valence-corrected chi connectivity index (χ3v) is 3.27. The van der Waals surface area contributed by atoms with Crippen LogP contribution < -0.4 is 16.0 Å². The number of anilines is 1. The maximum atomic E-state index is 11.9. The molecule has 2 rings (SSSR count). The molecule has 0 saturated carbocycles. The number of hydrogen-bond donors (Lipinski definition) is 3. The smallest absolute Gasteiger partial charge is 0.251 e. The Labute approximate surface area is 131 Å². The molecule has 1 aliphatic heterocycles. The summed E-state index contributed by atoms with van der Waals surface area (Å²) in [6.45, 7) is 5.47. The van der Waals surface area contributed by atoms with Crippen molar-refractivity contribution in [3.05, 3.63) is 29.8 Å². The van der Waals surface area contributed by atoms with Crippen LogP contribution in [-0.2, 0) is 4.79 Å². The summed E-state index contributed by atoms with van der Waals surface area (Å²) in [5.41, 5.74) is 1.32. The number of halogens is 1. The van der Waals surface area contributed by atoms with E-state index >= 15 is 0 Å². The third-order valence-electron chi connectivity index (χ3n) is 3.27. The van der Waals surface area contributed by atoms with Crippen LogP contribution in [0.3, 0.4) is 0 Å². The summed E-state index contributed by atoms with van der Waals surface area (Å²) in [5, 5.41) is 8.88. The van der Waals surface area contributed by atoms with Gasteiger partial charge in [0.15, 0.2) is 0 Å². The van der Waals surface area contributed by atoms with Crippen molar-refractivity contribution in [3.63, 3.8) is 0 Å². The van der Waals surface area contributed by atoms with E-state index in [0.29, 0.717) is 5.56 Å². The number of carbonyl (C=O) groups excluding carboxylic acids is 2. The van der Waals surface area contributed by atoms with Crippen molar-refractivity contribution in [1.82, 2.24) is 10.6 Å². The lowest BCUT2D eigenvalue weighted by Gasteiger charge is -2.11. The van der Waals surface area contributed by atoms with Crippen LogP contribution in [0.5, 0.6) is 0 Å². The second kappa shape index (κ2) is 8.00. The van der Waals surface area contributed by atoms with Crippen molar-refractivity contribution in [3.8, 4) is 0 Å². The summed E-state index contributed by atoms with van der Waals surface area (Å²) in [6.07, 6.45) is 0.876. The molecule has 0 radical (unpaired) electrons. The summed E-state index contributed by atoms with van der Waals surface area (Å²) in [5.74, 6) is -0.0221. The molecule has 0 aromatic heterocycles. The van der Waals surface area contributed by atoms with Crippen LogP contribution in [0.25, 0.3) is 0 Å². The van der Waals surface area contributed by atoms with Gasteiger partial charge in [-0.2, -0.15) is 0 Å². The average Bonchev–Trinajstić information content (AvgIpc) is 2.92. The van der Waals surface area contributed by atoms with Gasteiger partial charge in [0.25, 0.3) is 5.91 Å². The molecule has 21 heavy (non-hydrogen) atoms. The van der Waals surface area contributed by atoms with Crippen LogP contribution in [0.1, 0.15) is 30.6 Å². The van der Waals surface area contributed by atoms with Gasteiger partial charge in [0.1, 0.15) is 0 Å². The van der Waals surface area contributed by atoms with Gasteiger partial charge in [0, 0.05) is 23.8 Å². The summed E-state index contributed by atoms with van der Waals surface area (Å²) in [6, 6.07) is 7.07. The monoisotopic (exact) mass is 311 g/mol. The van der Waals surface area contributed by atoms with E-state index in [1.807, 2.05) is 13.8 Å². The van der Waals surface area contributed by atoms with Crippen molar-refractivity contribution in [2.24, 2.45) is 5.92 Å².